The molecular formula is C15H21ClN2O. The van der Waals surface area contributed by atoms with Crippen LogP contribution in [0.3, 0.4) is 0 Å². The summed E-state index contributed by atoms with van der Waals surface area (Å²) in [5, 5.41) is 4.17. The number of nitrogens with zero attached hydrogens (tertiary/aromatic N) is 1. The SMILES string of the molecule is CNC(c1cccc(Cl)c1)C1CN2CCCC2CO1. The molecule has 0 radical (unpaired) electrons. The zero-order chi connectivity index (χ0) is 13.2. The Morgan fingerprint density at radius 1 is 1.47 bits per heavy atom. The standard InChI is InChI=1S/C15H21ClN2O/c1-17-15(11-4-2-5-12(16)8-11)14-9-18-7-3-6-13(18)10-19-14/h2,4-5,8,13-15,17H,3,6-7,9-10H2,1H3. The van der Waals surface area contributed by atoms with Crippen LogP contribution in [0.2, 0.25) is 5.02 Å². The van der Waals surface area contributed by atoms with E-state index in [9.17, 15) is 0 Å². The van der Waals surface area contributed by atoms with Crippen molar-refractivity contribution in [3.05, 3.63) is 34.9 Å². The smallest absolute Gasteiger partial charge is 0.0897 e. The van der Waals surface area contributed by atoms with Gasteiger partial charge in [0, 0.05) is 17.6 Å². The zero-order valence-corrected chi connectivity index (χ0v) is 12.1. The molecule has 0 aliphatic carbocycles. The summed E-state index contributed by atoms with van der Waals surface area (Å²) in [5.74, 6) is 0. The predicted molar refractivity (Wildman–Crippen MR) is 77.6 cm³/mol. The van der Waals surface area contributed by atoms with Crippen molar-refractivity contribution in [2.75, 3.05) is 26.7 Å². The van der Waals surface area contributed by atoms with Crippen LogP contribution in [0.15, 0.2) is 24.3 Å². The van der Waals surface area contributed by atoms with Gasteiger partial charge in [-0.25, -0.2) is 0 Å². The van der Waals surface area contributed by atoms with Crippen molar-refractivity contribution in [1.82, 2.24) is 10.2 Å². The Labute approximate surface area is 119 Å². The molecule has 2 heterocycles. The molecule has 1 aromatic carbocycles. The Kier molecular flexibility index (Phi) is 4.08. The quantitative estimate of drug-likeness (QED) is 0.921. The Morgan fingerprint density at radius 3 is 3.16 bits per heavy atom. The minimum atomic E-state index is 0.206. The van der Waals surface area contributed by atoms with Crippen LogP contribution in [0.4, 0.5) is 0 Å². The molecule has 3 unspecified atom stereocenters. The Bertz CT molecular complexity index is 440. The van der Waals surface area contributed by atoms with Crippen molar-refractivity contribution in [3.8, 4) is 0 Å². The minimum Gasteiger partial charge on any atom is -0.373 e. The molecule has 4 heteroatoms. The van der Waals surface area contributed by atoms with Crippen LogP contribution in [-0.2, 0) is 4.74 Å². The molecule has 3 atom stereocenters. The fourth-order valence-electron chi connectivity index (χ4n) is 3.31. The second-order valence-corrected chi connectivity index (χ2v) is 5.92. The van der Waals surface area contributed by atoms with E-state index in [0.29, 0.717) is 6.04 Å². The fraction of sp³-hybridized carbons (Fsp3) is 0.600. The summed E-state index contributed by atoms with van der Waals surface area (Å²) in [5.41, 5.74) is 1.21. The summed E-state index contributed by atoms with van der Waals surface area (Å²) in [6.45, 7) is 3.10. The number of nitrogens with one attached hydrogen (secondary N) is 1. The number of halogens is 1. The average molecular weight is 281 g/mol. The molecule has 2 aliphatic rings. The van der Waals surface area contributed by atoms with Crippen molar-refractivity contribution < 1.29 is 4.74 Å². The number of hydrogen-bond donors (Lipinski definition) is 1. The van der Waals surface area contributed by atoms with Gasteiger partial charge in [0.2, 0.25) is 0 Å². The van der Waals surface area contributed by atoms with E-state index < -0.39 is 0 Å². The Balaban J connectivity index is 1.75. The number of fused-ring (bicyclic) bond motifs is 1. The van der Waals surface area contributed by atoms with Gasteiger partial charge in [-0.2, -0.15) is 0 Å². The third-order valence-corrected chi connectivity index (χ3v) is 4.54. The fourth-order valence-corrected chi connectivity index (χ4v) is 3.51. The number of hydrogen-bond acceptors (Lipinski definition) is 3. The van der Waals surface area contributed by atoms with E-state index in [0.717, 1.165) is 18.2 Å². The molecule has 104 valence electrons. The second kappa shape index (κ2) is 5.80. The first-order valence-corrected chi connectivity index (χ1v) is 7.44. The Morgan fingerprint density at radius 2 is 2.37 bits per heavy atom. The Hall–Kier alpha value is -0.610. The summed E-state index contributed by atoms with van der Waals surface area (Å²) in [6.07, 6.45) is 2.80. The van der Waals surface area contributed by atoms with Gasteiger partial charge in [0.15, 0.2) is 0 Å². The highest BCUT2D eigenvalue weighted by Crippen LogP contribution is 2.29. The van der Waals surface area contributed by atoms with E-state index in [1.54, 1.807) is 0 Å². The van der Waals surface area contributed by atoms with E-state index >= 15 is 0 Å². The van der Waals surface area contributed by atoms with Crippen LogP contribution in [0.25, 0.3) is 0 Å². The number of benzene rings is 1. The highest BCUT2D eigenvalue weighted by atomic mass is 35.5. The molecule has 0 amide bonds. The molecule has 2 saturated heterocycles. The highest BCUT2D eigenvalue weighted by molar-refractivity contribution is 6.30. The van der Waals surface area contributed by atoms with Crippen LogP contribution in [0, 0.1) is 0 Å². The van der Waals surface area contributed by atoms with Gasteiger partial charge in [0.25, 0.3) is 0 Å². The molecule has 0 aromatic heterocycles. The summed E-state index contributed by atoms with van der Waals surface area (Å²) < 4.78 is 6.09. The molecular weight excluding hydrogens is 260 g/mol. The summed E-state index contributed by atoms with van der Waals surface area (Å²) >= 11 is 6.09. The van der Waals surface area contributed by atoms with E-state index in [1.165, 1.54) is 24.9 Å². The van der Waals surface area contributed by atoms with Crippen molar-refractivity contribution in [3.63, 3.8) is 0 Å². The van der Waals surface area contributed by atoms with Gasteiger partial charge >= 0.3 is 0 Å². The highest BCUT2D eigenvalue weighted by Gasteiger charge is 2.35. The predicted octanol–water partition coefficient (Wildman–Crippen LogP) is 2.46. The molecule has 1 aromatic rings. The zero-order valence-electron chi connectivity index (χ0n) is 11.3. The van der Waals surface area contributed by atoms with Gasteiger partial charge in [-0.3, -0.25) is 4.90 Å². The topological polar surface area (TPSA) is 24.5 Å². The van der Waals surface area contributed by atoms with Gasteiger partial charge in [-0.15, -0.1) is 0 Å². The van der Waals surface area contributed by atoms with E-state index in [4.69, 9.17) is 16.3 Å². The first-order chi connectivity index (χ1) is 9.28. The molecule has 2 fully saturated rings. The van der Waals surface area contributed by atoms with Crippen LogP contribution in [0.1, 0.15) is 24.4 Å². The summed E-state index contributed by atoms with van der Waals surface area (Å²) in [7, 11) is 1.99. The van der Waals surface area contributed by atoms with Crippen molar-refractivity contribution >= 4 is 11.6 Å². The molecule has 3 rings (SSSR count). The van der Waals surface area contributed by atoms with Crippen molar-refractivity contribution in [1.29, 1.82) is 0 Å². The van der Waals surface area contributed by atoms with Crippen LogP contribution in [0.5, 0.6) is 0 Å². The van der Waals surface area contributed by atoms with E-state index in [2.05, 4.69) is 16.3 Å². The number of rotatable bonds is 3. The number of likely N-dealkylation sites (N-methyl/N-ethyl adjacent to an activating group) is 1. The van der Waals surface area contributed by atoms with Gasteiger partial charge in [0.1, 0.15) is 0 Å². The van der Waals surface area contributed by atoms with Gasteiger partial charge < -0.3 is 10.1 Å². The van der Waals surface area contributed by atoms with Crippen LogP contribution < -0.4 is 5.32 Å². The van der Waals surface area contributed by atoms with Crippen molar-refractivity contribution in [2.45, 2.75) is 31.0 Å². The average Bonchev–Trinajstić information content (AvgIpc) is 2.87. The molecule has 2 aliphatic heterocycles. The minimum absolute atomic E-state index is 0.206. The van der Waals surface area contributed by atoms with Crippen molar-refractivity contribution in [2.24, 2.45) is 0 Å². The maximum absolute atomic E-state index is 6.09. The normalized spacial score (nSPS) is 29.2. The lowest BCUT2D eigenvalue weighted by atomic mass is 9.99. The first-order valence-electron chi connectivity index (χ1n) is 7.06. The molecule has 0 saturated carbocycles. The molecule has 0 spiro atoms. The number of ether oxygens (including phenoxy) is 1. The lowest BCUT2D eigenvalue weighted by molar-refractivity contribution is -0.0642. The molecule has 1 N–H and O–H groups in total. The van der Waals surface area contributed by atoms with Gasteiger partial charge in [-0.1, -0.05) is 23.7 Å². The van der Waals surface area contributed by atoms with Crippen LogP contribution in [-0.4, -0.2) is 43.8 Å². The monoisotopic (exact) mass is 280 g/mol. The summed E-state index contributed by atoms with van der Waals surface area (Å²) in [4.78, 5) is 2.57. The second-order valence-electron chi connectivity index (χ2n) is 5.48. The van der Waals surface area contributed by atoms with E-state index in [1.807, 2.05) is 25.2 Å². The molecule has 3 nitrogen and oxygen atoms in total. The van der Waals surface area contributed by atoms with E-state index in [-0.39, 0.29) is 12.1 Å². The lowest BCUT2D eigenvalue weighted by Crippen LogP contribution is -2.50. The first kappa shape index (κ1) is 13.4. The summed E-state index contributed by atoms with van der Waals surface area (Å²) in [6, 6.07) is 8.92. The molecule has 0 bridgehead atoms. The maximum Gasteiger partial charge on any atom is 0.0897 e. The maximum atomic E-state index is 6.09. The number of morpholine rings is 1. The third-order valence-electron chi connectivity index (χ3n) is 4.31. The largest absolute Gasteiger partial charge is 0.373 e. The lowest BCUT2D eigenvalue weighted by Gasteiger charge is -2.39. The van der Waals surface area contributed by atoms with Crippen LogP contribution >= 0.6 is 11.6 Å². The molecule has 19 heavy (non-hydrogen) atoms. The van der Waals surface area contributed by atoms with Gasteiger partial charge in [-0.05, 0) is 44.1 Å². The third kappa shape index (κ3) is 2.79. The van der Waals surface area contributed by atoms with Gasteiger partial charge in [0.05, 0.1) is 18.8 Å².